The van der Waals surface area contributed by atoms with Gasteiger partial charge in [0.25, 0.3) is 0 Å². The fraction of sp³-hybridized carbons (Fsp3) is 0.467. The van der Waals surface area contributed by atoms with Crippen LogP contribution in [0.3, 0.4) is 0 Å². The fourth-order valence-electron chi connectivity index (χ4n) is 2.23. The van der Waals surface area contributed by atoms with Crippen LogP contribution in [0.25, 0.3) is 0 Å². The Morgan fingerprint density at radius 2 is 2.33 bits per heavy atom. The molecule has 1 aliphatic rings. The Kier molecular flexibility index (Phi) is 4.67. The van der Waals surface area contributed by atoms with Crippen molar-refractivity contribution in [1.82, 2.24) is 5.32 Å². The van der Waals surface area contributed by atoms with Crippen LogP contribution >= 0.6 is 11.6 Å². The number of nitrogens with one attached hydrogen (secondary N) is 1. The molecule has 0 radical (unpaired) electrons. The number of benzene rings is 1. The molecule has 1 unspecified atom stereocenters. The summed E-state index contributed by atoms with van der Waals surface area (Å²) in [7, 11) is 0. The van der Waals surface area contributed by atoms with Gasteiger partial charge in [-0.15, -0.1) is 0 Å². The number of halogens is 1. The Balaban J connectivity index is 2.15. The van der Waals surface area contributed by atoms with Crippen molar-refractivity contribution in [3.63, 3.8) is 0 Å². The van der Waals surface area contributed by atoms with E-state index in [1.54, 1.807) is 0 Å². The summed E-state index contributed by atoms with van der Waals surface area (Å²) in [5.41, 5.74) is 2.14. The predicted octanol–water partition coefficient (Wildman–Crippen LogP) is 4.11. The maximum atomic E-state index is 6.43. The van der Waals surface area contributed by atoms with E-state index in [0.29, 0.717) is 12.6 Å². The van der Waals surface area contributed by atoms with Crippen LogP contribution in [-0.4, -0.2) is 13.2 Å². The van der Waals surface area contributed by atoms with Gasteiger partial charge in [0, 0.05) is 6.04 Å². The van der Waals surface area contributed by atoms with Crippen LogP contribution < -0.4 is 10.1 Å². The first-order valence-electron chi connectivity index (χ1n) is 6.47. The topological polar surface area (TPSA) is 21.3 Å². The van der Waals surface area contributed by atoms with Gasteiger partial charge < -0.3 is 10.1 Å². The highest BCUT2D eigenvalue weighted by atomic mass is 35.5. The molecule has 1 atom stereocenters. The van der Waals surface area contributed by atoms with E-state index >= 15 is 0 Å². The zero-order valence-electron chi connectivity index (χ0n) is 10.8. The SMILES string of the molecule is C=C(C)COc1cccc(C2CCCCN2)c1Cl. The van der Waals surface area contributed by atoms with Crippen molar-refractivity contribution >= 4 is 11.6 Å². The summed E-state index contributed by atoms with van der Waals surface area (Å²) in [5, 5.41) is 4.25. The zero-order chi connectivity index (χ0) is 13.0. The molecule has 0 bridgehead atoms. The number of ether oxygens (including phenoxy) is 1. The standard InChI is InChI=1S/C15H20ClNO/c1-11(2)10-18-14-8-5-6-12(15(14)16)13-7-3-4-9-17-13/h5-6,8,13,17H,1,3-4,7,9-10H2,2H3. The van der Waals surface area contributed by atoms with Gasteiger partial charge in [0.15, 0.2) is 0 Å². The fourth-order valence-corrected chi connectivity index (χ4v) is 2.54. The first-order valence-corrected chi connectivity index (χ1v) is 6.85. The number of rotatable bonds is 4. The van der Waals surface area contributed by atoms with Gasteiger partial charge in [0.05, 0.1) is 5.02 Å². The maximum Gasteiger partial charge on any atom is 0.138 e. The normalized spacial score (nSPS) is 19.6. The van der Waals surface area contributed by atoms with Gasteiger partial charge in [-0.3, -0.25) is 0 Å². The predicted molar refractivity (Wildman–Crippen MR) is 76.4 cm³/mol. The van der Waals surface area contributed by atoms with E-state index in [0.717, 1.165) is 34.9 Å². The molecule has 0 saturated carbocycles. The minimum atomic E-state index is 0.361. The zero-order valence-corrected chi connectivity index (χ0v) is 11.6. The second kappa shape index (κ2) is 6.26. The minimum absolute atomic E-state index is 0.361. The molecule has 1 heterocycles. The van der Waals surface area contributed by atoms with Crippen molar-refractivity contribution in [2.24, 2.45) is 0 Å². The van der Waals surface area contributed by atoms with E-state index in [2.05, 4.69) is 18.0 Å². The van der Waals surface area contributed by atoms with E-state index < -0.39 is 0 Å². The van der Waals surface area contributed by atoms with E-state index in [4.69, 9.17) is 16.3 Å². The van der Waals surface area contributed by atoms with Crippen molar-refractivity contribution in [1.29, 1.82) is 0 Å². The molecule has 0 amide bonds. The molecule has 1 fully saturated rings. The van der Waals surface area contributed by atoms with Gasteiger partial charge in [-0.2, -0.15) is 0 Å². The highest BCUT2D eigenvalue weighted by molar-refractivity contribution is 6.32. The Morgan fingerprint density at radius 3 is 3.00 bits per heavy atom. The van der Waals surface area contributed by atoms with Crippen LogP contribution in [0.1, 0.15) is 37.8 Å². The van der Waals surface area contributed by atoms with Crippen LogP contribution in [0.5, 0.6) is 5.75 Å². The largest absolute Gasteiger partial charge is 0.488 e. The molecule has 1 N–H and O–H groups in total. The summed E-state index contributed by atoms with van der Waals surface area (Å²) in [6, 6.07) is 6.36. The molecular formula is C15H20ClNO. The van der Waals surface area contributed by atoms with E-state index in [1.165, 1.54) is 12.8 Å². The van der Waals surface area contributed by atoms with Crippen LogP contribution in [-0.2, 0) is 0 Å². The molecule has 0 aliphatic carbocycles. The minimum Gasteiger partial charge on any atom is -0.488 e. The quantitative estimate of drug-likeness (QED) is 0.828. The third-order valence-electron chi connectivity index (χ3n) is 3.15. The monoisotopic (exact) mass is 265 g/mol. The Bertz CT molecular complexity index is 425. The Hall–Kier alpha value is -0.990. The molecule has 1 aliphatic heterocycles. The van der Waals surface area contributed by atoms with Gasteiger partial charge in [0.1, 0.15) is 12.4 Å². The Morgan fingerprint density at radius 1 is 1.50 bits per heavy atom. The van der Waals surface area contributed by atoms with Crippen molar-refractivity contribution < 1.29 is 4.74 Å². The average molecular weight is 266 g/mol. The van der Waals surface area contributed by atoms with Crippen molar-refractivity contribution in [2.75, 3.05) is 13.2 Å². The van der Waals surface area contributed by atoms with Crippen LogP contribution in [0.15, 0.2) is 30.4 Å². The van der Waals surface area contributed by atoms with Gasteiger partial charge in [-0.1, -0.05) is 36.7 Å². The molecule has 1 saturated heterocycles. The van der Waals surface area contributed by atoms with Crippen molar-refractivity contribution in [2.45, 2.75) is 32.2 Å². The second-order valence-corrected chi connectivity index (χ2v) is 5.29. The van der Waals surface area contributed by atoms with Gasteiger partial charge in [0.2, 0.25) is 0 Å². The number of piperidine rings is 1. The molecule has 1 aromatic rings. The molecule has 2 nitrogen and oxygen atoms in total. The highest BCUT2D eigenvalue weighted by Crippen LogP contribution is 2.35. The third-order valence-corrected chi connectivity index (χ3v) is 3.56. The first-order chi connectivity index (χ1) is 8.68. The molecule has 18 heavy (non-hydrogen) atoms. The summed E-state index contributed by atoms with van der Waals surface area (Å²) in [5.74, 6) is 0.754. The summed E-state index contributed by atoms with van der Waals surface area (Å²) in [6.45, 7) is 7.36. The molecule has 3 heteroatoms. The lowest BCUT2D eigenvalue weighted by Gasteiger charge is -2.25. The van der Waals surface area contributed by atoms with Gasteiger partial charge in [-0.05, 0) is 43.5 Å². The summed E-state index contributed by atoms with van der Waals surface area (Å²) in [6.07, 6.45) is 3.65. The molecule has 0 aromatic heterocycles. The van der Waals surface area contributed by atoms with Gasteiger partial charge >= 0.3 is 0 Å². The van der Waals surface area contributed by atoms with E-state index in [1.807, 2.05) is 19.1 Å². The van der Waals surface area contributed by atoms with Gasteiger partial charge in [-0.25, -0.2) is 0 Å². The van der Waals surface area contributed by atoms with Crippen molar-refractivity contribution in [3.05, 3.63) is 40.9 Å². The van der Waals surface area contributed by atoms with E-state index in [-0.39, 0.29) is 0 Å². The molecule has 2 rings (SSSR count). The highest BCUT2D eigenvalue weighted by Gasteiger charge is 2.19. The summed E-state index contributed by atoms with van der Waals surface area (Å²) < 4.78 is 5.67. The molecule has 0 spiro atoms. The lowest BCUT2D eigenvalue weighted by Crippen LogP contribution is -2.27. The molecule has 98 valence electrons. The third kappa shape index (κ3) is 3.27. The van der Waals surface area contributed by atoms with E-state index in [9.17, 15) is 0 Å². The second-order valence-electron chi connectivity index (χ2n) is 4.91. The summed E-state index contributed by atoms with van der Waals surface area (Å²) >= 11 is 6.43. The van der Waals surface area contributed by atoms with Crippen LogP contribution in [0.4, 0.5) is 0 Å². The lowest BCUT2D eigenvalue weighted by atomic mass is 9.97. The van der Waals surface area contributed by atoms with Crippen molar-refractivity contribution in [3.8, 4) is 5.75 Å². The average Bonchev–Trinajstić information content (AvgIpc) is 2.38. The first kappa shape index (κ1) is 13.4. The summed E-state index contributed by atoms with van der Waals surface area (Å²) in [4.78, 5) is 0. The lowest BCUT2D eigenvalue weighted by molar-refractivity contribution is 0.350. The number of hydrogen-bond donors (Lipinski definition) is 1. The number of hydrogen-bond acceptors (Lipinski definition) is 2. The van der Waals surface area contributed by atoms with Crippen LogP contribution in [0, 0.1) is 0 Å². The Labute approximate surface area is 114 Å². The smallest absolute Gasteiger partial charge is 0.138 e. The molecule has 1 aromatic carbocycles. The van der Waals surface area contributed by atoms with Crippen LogP contribution in [0.2, 0.25) is 5.02 Å². The molecular weight excluding hydrogens is 246 g/mol. The maximum absolute atomic E-state index is 6.43.